The van der Waals surface area contributed by atoms with Crippen molar-refractivity contribution in [2.75, 3.05) is 36.4 Å². The van der Waals surface area contributed by atoms with Gasteiger partial charge in [0.25, 0.3) is 0 Å². The van der Waals surface area contributed by atoms with Gasteiger partial charge < -0.3 is 19.9 Å². The maximum absolute atomic E-state index is 12.6. The number of nitrogens with one attached hydrogen (secondary N) is 2. The number of amides is 2. The van der Waals surface area contributed by atoms with Crippen molar-refractivity contribution in [2.24, 2.45) is 0 Å². The van der Waals surface area contributed by atoms with Crippen LogP contribution in [0.15, 0.2) is 24.3 Å². The minimum atomic E-state index is -3.29. The van der Waals surface area contributed by atoms with E-state index in [0.717, 1.165) is 24.5 Å². The second-order valence-corrected chi connectivity index (χ2v) is 10.9. The zero-order chi connectivity index (χ0) is 21.9. The molecule has 3 rings (SSSR count). The summed E-state index contributed by atoms with van der Waals surface area (Å²) in [6.07, 6.45) is 1.62. The number of nitrogens with zero attached hydrogens (tertiary/aromatic N) is 2. The van der Waals surface area contributed by atoms with Gasteiger partial charge in [0.2, 0.25) is 10.0 Å². The number of urea groups is 1. The van der Waals surface area contributed by atoms with Gasteiger partial charge in [-0.05, 0) is 64.8 Å². The Labute approximate surface area is 180 Å². The zero-order valence-corrected chi connectivity index (χ0v) is 19.1. The third-order valence-electron chi connectivity index (χ3n) is 5.64. The zero-order valence-electron chi connectivity index (χ0n) is 18.3. The molecule has 0 bridgehead atoms. The second-order valence-electron chi connectivity index (χ2n) is 8.61. The first-order chi connectivity index (χ1) is 14.1. The number of anilines is 2. The Morgan fingerprint density at radius 3 is 2.17 bits per heavy atom. The highest BCUT2D eigenvalue weighted by molar-refractivity contribution is 7.90. The number of piperidine rings is 1. The van der Waals surface area contributed by atoms with Gasteiger partial charge in [-0.15, -0.1) is 0 Å². The standard InChI is InChI=1S/C21H34N4O4S/c1-15(2)30(27,28)23-19-9-11-24(12-10-19)21(26)22-18-5-7-20(8-6-18)25-13-16(3)29-17(4)14-25/h5-8,15-17,19,23H,9-14H2,1-4H3,(H,22,26)/t16-,17-/m1/s1. The van der Waals surface area contributed by atoms with Crippen molar-refractivity contribution in [3.63, 3.8) is 0 Å². The van der Waals surface area contributed by atoms with Crippen molar-refractivity contribution in [2.45, 2.75) is 64.0 Å². The molecule has 2 amide bonds. The summed E-state index contributed by atoms with van der Waals surface area (Å²) in [5.74, 6) is 0. The minimum Gasteiger partial charge on any atom is -0.372 e. The Morgan fingerprint density at radius 1 is 1.07 bits per heavy atom. The molecule has 2 heterocycles. The number of carbonyl (C=O) groups is 1. The highest BCUT2D eigenvalue weighted by Crippen LogP contribution is 2.23. The van der Waals surface area contributed by atoms with Crippen LogP contribution in [0, 0.1) is 0 Å². The maximum Gasteiger partial charge on any atom is 0.321 e. The van der Waals surface area contributed by atoms with Crippen molar-refractivity contribution in [3.05, 3.63) is 24.3 Å². The van der Waals surface area contributed by atoms with Gasteiger partial charge in [-0.1, -0.05) is 0 Å². The molecule has 0 spiro atoms. The summed E-state index contributed by atoms with van der Waals surface area (Å²) in [5, 5.41) is 2.49. The minimum absolute atomic E-state index is 0.112. The molecule has 0 aliphatic carbocycles. The number of carbonyl (C=O) groups excluding carboxylic acids is 1. The second kappa shape index (κ2) is 9.53. The summed E-state index contributed by atoms with van der Waals surface area (Å²) in [4.78, 5) is 16.6. The molecule has 2 aliphatic heterocycles. The number of ether oxygens (including phenoxy) is 1. The molecule has 2 N–H and O–H groups in total. The number of rotatable bonds is 5. The third-order valence-corrected chi connectivity index (χ3v) is 7.54. The summed E-state index contributed by atoms with van der Waals surface area (Å²) in [6, 6.07) is 7.62. The Bertz CT molecular complexity index is 810. The van der Waals surface area contributed by atoms with Crippen LogP contribution in [-0.4, -0.2) is 69.0 Å². The molecule has 0 saturated carbocycles. The average Bonchev–Trinajstić information content (AvgIpc) is 2.68. The third kappa shape index (κ3) is 5.86. The van der Waals surface area contributed by atoms with Crippen LogP contribution in [0.3, 0.4) is 0 Å². The van der Waals surface area contributed by atoms with E-state index in [-0.39, 0.29) is 24.3 Å². The highest BCUT2D eigenvalue weighted by Gasteiger charge is 2.27. The molecule has 168 valence electrons. The number of hydrogen-bond acceptors (Lipinski definition) is 5. The van der Waals surface area contributed by atoms with Crippen molar-refractivity contribution in [3.8, 4) is 0 Å². The lowest BCUT2D eigenvalue weighted by atomic mass is 10.1. The molecule has 8 nitrogen and oxygen atoms in total. The van der Waals surface area contributed by atoms with Crippen molar-refractivity contribution >= 4 is 27.4 Å². The fourth-order valence-corrected chi connectivity index (χ4v) is 4.89. The van der Waals surface area contributed by atoms with E-state index >= 15 is 0 Å². The predicted molar refractivity (Wildman–Crippen MR) is 119 cm³/mol. The van der Waals surface area contributed by atoms with Crippen LogP contribution >= 0.6 is 0 Å². The molecular weight excluding hydrogens is 404 g/mol. The molecular formula is C21H34N4O4S. The van der Waals surface area contributed by atoms with E-state index in [0.29, 0.717) is 25.9 Å². The molecule has 1 aromatic carbocycles. The van der Waals surface area contributed by atoms with Gasteiger partial charge in [0.1, 0.15) is 0 Å². The van der Waals surface area contributed by atoms with Crippen LogP contribution in [-0.2, 0) is 14.8 Å². The van der Waals surface area contributed by atoms with E-state index in [1.807, 2.05) is 24.3 Å². The van der Waals surface area contributed by atoms with Crippen LogP contribution < -0.4 is 14.9 Å². The van der Waals surface area contributed by atoms with E-state index in [2.05, 4.69) is 28.8 Å². The van der Waals surface area contributed by atoms with Gasteiger partial charge >= 0.3 is 6.03 Å². The topological polar surface area (TPSA) is 91.0 Å². The van der Waals surface area contributed by atoms with E-state index in [9.17, 15) is 13.2 Å². The largest absolute Gasteiger partial charge is 0.372 e. The van der Waals surface area contributed by atoms with Crippen LogP contribution in [0.4, 0.5) is 16.2 Å². The van der Waals surface area contributed by atoms with Crippen molar-refractivity contribution in [1.29, 1.82) is 0 Å². The van der Waals surface area contributed by atoms with E-state index in [1.54, 1.807) is 18.7 Å². The molecule has 0 unspecified atom stereocenters. The van der Waals surface area contributed by atoms with E-state index in [4.69, 9.17) is 4.74 Å². The Balaban J connectivity index is 1.50. The molecule has 2 atom stereocenters. The van der Waals surface area contributed by atoms with E-state index in [1.165, 1.54) is 0 Å². The van der Waals surface area contributed by atoms with Gasteiger partial charge in [0.05, 0.1) is 17.5 Å². The smallest absolute Gasteiger partial charge is 0.321 e. The first-order valence-electron chi connectivity index (χ1n) is 10.7. The quantitative estimate of drug-likeness (QED) is 0.738. The molecule has 1 aromatic rings. The maximum atomic E-state index is 12.6. The first-order valence-corrected chi connectivity index (χ1v) is 12.3. The van der Waals surface area contributed by atoms with Gasteiger partial charge in [-0.25, -0.2) is 17.9 Å². The van der Waals surface area contributed by atoms with Crippen LogP contribution in [0.1, 0.15) is 40.5 Å². The molecule has 30 heavy (non-hydrogen) atoms. The summed E-state index contributed by atoms with van der Waals surface area (Å²) in [7, 11) is -3.29. The summed E-state index contributed by atoms with van der Waals surface area (Å²) < 4.78 is 32.6. The fraction of sp³-hybridized carbons (Fsp3) is 0.667. The Hall–Kier alpha value is -1.84. The molecule has 0 aromatic heterocycles. The van der Waals surface area contributed by atoms with Crippen LogP contribution in [0.2, 0.25) is 0 Å². The molecule has 9 heteroatoms. The first kappa shape index (κ1) is 22.8. The average molecular weight is 439 g/mol. The number of sulfonamides is 1. The van der Waals surface area contributed by atoms with Gasteiger partial charge in [0, 0.05) is 43.6 Å². The fourth-order valence-electron chi connectivity index (χ4n) is 3.92. The van der Waals surface area contributed by atoms with Crippen LogP contribution in [0.25, 0.3) is 0 Å². The number of hydrogen-bond donors (Lipinski definition) is 2. The molecule has 2 fully saturated rings. The van der Waals surface area contributed by atoms with Crippen molar-refractivity contribution < 1.29 is 17.9 Å². The number of morpholine rings is 1. The van der Waals surface area contributed by atoms with E-state index < -0.39 is 15.3 Å². The highest BCUT2D eigenvalue weighted by atomic mass is 32.2. The monoisotopic (exact) mass is 438 g/mol. The number of benzene rings is 1. The lowest BCUT2D eigenvalue weighted by Crippen LogP contribution is -2.48. The van der Waals surface area contributed by atoms with Gasteiger partial charge in [0.15, 0.2) is 0 Å². The Kier molecular flexibility index (Phi) is 7.26. The van der Waals surface area contributed by atoms with Crippen molar-refractivity contribution in [1.82, 2.24) is 9.62 Å². The van der Waals surface area contributed by atoms with Gasteiger partial charge in [-0.2, -0.15) is 0 Å². The lowest BCUT2D eigenvalue weighted by molar-refractivity contribution is -0.00521. The van der Waals surface area contributed by atoms with Crippen LogP contribution in [0.5, 0.6) is 0 Å². The van der Waals surface area contributed by atoms with Gasteiger partial charge in [-0.3, -0.25) is 0 Å². The lowest BCUT2D eigenvalue weighted by Gasteiger charge is -2.37. The Morgan fingerprint density at radius 2 is 1.63 bits per heavy atom. The predicted octanol–water partition coefficient (Wildman–Crippen LogP) is 2.62. The summed E-state index contributed by atoms with van der Waals surface area (Å²) >= 11 is 0. The molecule has 2 aliphatic rings. The number of likely N-dealkylation sites (tertiary alicyclic amines) is 1. The summed E-state index contributed by atoms with van der Waals surface area (Å²) in [6.45, 7) is 10.2. The molecule has 0 radical (unpaired) electrons. The normalized spacial score (nSPS) is 23.6. The molecule has 2 saturated heterocycles. The summed E-state index contributed by atoms with van der Waals surface area (Å²) in [5.41, 5.74) is 1.87. The SMILES string of the molecule is CC(C)S(=O)(=O)NC1CCN(C(=O)Nc2ccc(N3C[C@@H](C)O[C@H](C)C3)cc2)CC1.